The second kappa shape index (κ2) is 4.13. The van der Waals surface area contributed by atoms with Crippen molar-refractivity contribution in [1.82, 2.24) is 15.2 Å². The normalized spacial score (nSPS) is 9.93. The van der Waals surface area contributed by atoms with Gasteiger partial charge in [-0.1, -0.05) is 0 Å². The number of amides is 2. The molecule has 15 heavy (non-hydrogen) atoms. The van der Waals surface area contributed by atoms with Crippen LogP contribution in [0, 0.1) is 0 Å². The van der Waals surface area contributed by atoms with Gasteiger partial charge in [0.1, 0.15) is 6.33 Å². The number of hydrogen-bond donors (Lipinski definition) is 3. The van der Waals surface area contributed by atoms with Gasteiger partial charge in [0.15, 0.2) is 4.67 Å². The molecular formula is C7H6BrN5O2. The maximum atomic E-state index is 11.3. The summed E-state index contributed by atoms with van der Waals surface area (Å²) in [4.78, 5) is 15.0. The van der Waals surface area contributed by atoms with Crippen molar-refractivity contribution in [3.8, 4) is 0 Å². The molecule has 78 valence electrons. The summed E-state index contributed by atoms with van der Waals surface area (Å²) in [7, 11) is 0. The molecule has 0 spiro atoms. The molecule has 0 unspecified atom stereocenters. The van der Waals surface area contributed by atoms with Crippen LogP contribution >= 0.6 is 15.9 Å². The van der Waals surface area contributed by atoms with Gasteiger partial charge < -0.3 is 4.42 Å². The maximum absolute atomic E-state index is 11.3. The predicted octanol–water partition coefficient (Wildman–Crippen LogP) is 1.80. The smallest absolute Gasteiger partial charge is 0.328 e. The van der Waals surface area contributed by atoms with Gasteiger partial charge in [0.2, 0.25) is 11.8 Å². The average molecular weight is 272 g/mol. The minimum Gasteiger partial charge on any atom is -0.434 e. The molecule has 0 aromatic carbocycles. The molecule has 2 amide bonds. The molecule has 8 heteroatoms. The van der Waals surface area contributed by atoms with Gasteiger partial charge in [0, 0.05) is 6.07 Å². The summed E-state index contributed by atoms with van der Waals surface area (Å²) in [5.41, 5.74) is 0. The highest BCUT2D eigenvalue weighted by atomic mass is 79.9. The Morgan fingerprint density at radius 2 is 2.33 bits per heavy atom. The highest BCUT2D eigenvalue weighted by Gasteiger charge is 2.06. The number of aromatic nitrogens is 3. The predicted molar refractivity (Wildman–Crippen MR) is 55.4 cm³/mol. The molecule has 0 saturated heterocycles. The van der Waals surface area contributed by atoms with Gasteiger partial charge >= 0.3 is 6.03 Å². The van der Waals surface area contributed by atoms with E-state index in [4.69, 9.17) is 4.42 Å². The highest BCUT2D eigenvalue weighted by Crippen LogP contribution is 2.18. The Morgan fingerprint density at radius 1 is 1.47 bits per heavy atom. The first kappa shape index (κ1) is 9.71. The van der Waals surface area contributed by atoms with Crippen LogP contribution in [0.1, 0.15) is 0 Å². The van der Waals surface area contributed by atoms with E-state index in [0.717, 1.165) is 0 Å². The second-order valence-electron chi connectivity index (χ2n) is 2.52. The number of aromatic amines is 1. The summed E-state index contributed by atoms with van der Waals surface area (Å²) in [6.07, 6.45) is 1.29. The Morgan fingerprint density at radius 3 is 2.93 bits per heavy atom. The van der Waals surface area contributed by atoms with Crippen LogP contribution in [0.25, 0.3) is 0 Å². The van der Waals surface area contributed by atoms with Gasteiger partial charge in [-0.3, -0.25) is 10.6 Å². The van der Waals surface area contributed by atoms with Crippen molar-refractivity contribution >= 4 is 33.8 Å². The van der Waals surface area contributed by atoms with Gasteiger partial charge in [0.05, 0.1) is 0 Å². The largest absolute Gasteiger partial charge is 0.434 e. The SMILES string of the molecule is O=C(Nc1ncn[nH]1)Nc1ccc(Br)o1. The molecule has 0 radical (unpaired) electrons. The molecule has 0 bridgehead atoms. The molecule has 3 N–H and O–H groups in total. The Kier molecular flexibility index (Phi) is 2.68. The molecule has 0 aliphatic carbocycles. The number of rotatable bonds is 2. The van der Waals surface area contributed by atoms with E-state index in [9.17, 15) is 4.79 Å². The Labute approximate surface area is 92.4 Å². The third-order valence-corrected chi connectivity index (χ3v) is 1.88. The van der Waals surface area contributed by atoms with Crippen molar-refractivity contribution < 1.29 is 9.21 Å². The van der Waals surface area contributed by atoms with Crippen LogP contribution < -0.4 is 10.6 Å². The van der Waals surface area contributed by atoms with E-state index < -0.39 is 6.03 Å². The minimum absolute atomic E-state index is 0.262. The molecule has 0 fully saturated rings. The topological polar surface area (TPSA) is 95.8 Å². The molecular weight excluding hydrogens is 266 g/mol. The molecule has 0 saturated carbocycles. The van der Waals surface area contributed by atoms with E-state index in [2.05, 4.69) is 41.7 Å². The summed E-state index contributed by atoms with van der Waals surface area (Å²) < 4.78 is 5.61. The zero-order valence-electron chi connectivity index (χ0n) is 7.32. The fourth-order valence-corrected chi connectivity index (χ4v) is 1.20. The number of hydrogen-bond acceptors (Lipinski definition) is 4. The molecule has 0 aliphatic rings. The van der Waals surface area contributed by atoms with Crippen molar-refractivity contribution in [2.24, 2.45) is 0 Å². The Bertz CT molecular complexity index is 452. The lowest BCUT2D eigenvalue weighted by atomic mass is 10.6. The molecule has 2 heterocycles. The van der Waals surface area contributed by atoms with Gasteiger partial charge in [-0.15, -0.1) is 0 Å². The number of halogens is 1. The summed E-state index contributed by atoms with van der Waals surface area (Å²) in [5.74, 6) is 0.594. The van der Waals surface area contributed by atoms with E-state index >= 15 is 0 Å². The van der Waals surface area contributed by atoms with E-state index in [0.29, 0.717) is 10.6 Å². The zero-order chi connectivity index (χ0) is 10.7. The molecule has 7 nitrogen and oxygen atoms in total. The van der Waals surface area contributed by atoms with Gasteiger partial charge in [-0.2, -0.15) is 10.1 Å². The quantitative estimate of drug-likeness (QED) is 0.776. The average Bonchev–Trinajstić information content (AvgIpc) is 2.77. The molecule has 2 rings (SSSR count). The van der Waals surface area contributed by atoms with Crippen LogP contribution in [0.3, 0.4) is 0 Å². The van der Waals surface area contributed by atoms with E-state index in [1.807, 2.05) is 0 Å². The number of furan rings is 1. The van der Waals surface area contributed by atoms with E-state index in [1.54, 1.807) is 12.1 Å². The number of urea groups is 1. The lowest BCUT2D eigenvalue weighted by molar-refractivity contribution is 0.261. The third-order valence-electron chi connectivity index (χ3n) is 1.46. The van der Waals surface area contributed by atoms with Crippen molar-refractivity contribution in [3.63, 3.8) is 0 Å². The summed E-state index contributed by atoms with van der Waals surface area (Å²) in [5, 5.41) is 11.0. The van der Waals surface area contributed by atoms with Gasteiger partial charge in [-0.05, 0) is 22.0 Å². The van der Waals surface area contributed by atoms with Crippen LogP contribution in [0.5, 0.6) is 0 Å². The summed E-state index contributed by atoms with van der Waals surface area (Å²) in [6, 6.07) is 2.82. The minimum atomic E-state index is -0.464. The van der Waals surface area contributed by atoms with Crippen LogP contribution in [-0.4, -0.2) is 21.2 Å². The monoisotopic (exact) mass is 271 g/mol. The van der Waals surface area contributed by atoms with Crippen LogP contribution in [0.15, 0.2) is 27.5 Å². The molecule has 2 aromatic rings. The molecule has 2 aromatic heterocycles. The fourth-order valence-electron chi connectivity index (χ4n) is 0.898. The van der Waals surface area contributed by atoms with Gasteiger partial charge in [0.25, 0.3) is 0 Å². The lowest BCUT2D eigenvalue weighted by Gasteiger charge is -2.00. The number of nitrogens with zero attached hydrogens (tertiary/aromatic N) is 2. The third kappa shape index (κ3) is 2.56. The van der Waals surface area contributed by atoms with Crippen molar-refractivity contribution in [2.45, 2.75) is 0 Å². The first-order chi connectivity index (χ1) is 7.24. The number of anilines is 2. The molecule has 0 atom stereocenters. The van der Waals surface area contributed by atoms with E-state index in [-0.39, 0.29) is 5.95 Å². The first-order valence-corrected chi connectivity index (χ1v) is 4.72. The summed E-state index contributed by atoms with van der Waals surface area (Å²) >= 11 is 3.12. The number of nitrogens with one attached hydrogen (secondary N) is 3. The van der Waals surface area contributed by atoms with Crippen molar-refractivity contribution in [2.75, 3.05) is 10.6 Å². The fraction of sp³-hybridized carbons (Fsp3) is 0. The highest BCUT2D eigenvalue weighted by molar-refractivity contribution is 9.10. The second-order valence-corrected chi connectivity index (χ2v) is 3.30. The number of carbonyl (C=O) groups is 1. The zero-order valence-corrected chi connectivity index (χ0v) is 8.91. The van der Waals surface area contributed by atoms with Crippen LogP contribution in [0.4, 0.5) is 16.6 Å². The van der Waals surface area contributed by atoms with E-state index in [1.165, 1.54) is 6.33 Å². The molecule has 0 aliphatic heterocycles. The summed E-state index contributed by atoms with van der Waals surface area (Å²) in [6.45, 7) is 0. The Balaban J connectivity index is 1.93. The van der Waals surface area contributed by atoms with Crippen molar-refractivity contribution in [1.29, 1.82) is 0 Å². The van der Waals surface area contributed by atoms with Crippen LogP contribution in [0.2, 0.25) is 0 Å². The van der Waals surface area contributed by atoms with Gasteiger partial charge in [-0.25, -0.2) is 9.89 Å². The lowest BCUT2D eigenvalue weighted by Crippen LogP contribution is -2.19. The van der Waals surface area contributed by atoms with Crippen molar-refractivity contribution in [3.05, 3.63) is 23.1 Å². The number of H-pyrrole nitrogens is 1. The maximum Gasteiger partial charge on any atom is 0.328 e. The first-order valence-electron chi connectivity index (χ1n) is 3.93. The standard InChI is InChI=1S/C7H6BrN5O2/c8-4-1-2-5(15-4)11-7(14)12-6-9-3-10-13-6/h1-3H,(H3,9,10,11,12,13,14). The van der Waals surface area contributed by atoms with Crippen LogP contribution in [-0.2, 0) is 0 Å². The number of carbonyl (C=O) groups excluding carboxylic acids is 1. The Hall–Kier alpha value is -1.83.